The topological polar surface area (TPSA) is 72.5 Å². The number of ketones is 1. The molecule has 0 spiro atoms. The first-order chi connectivity index (χ1) is 11.0. The molecule has 1 N–H and O–H groups in total. The number of nitrogens with one attached hydrogen (secondary N) is 1. The second-order valence-corrected chi connectivity index (χ2v) is 6.24. The van der Waals surface area contributed by atoms with Crippen molar-refractivity contribution in [2.75, 3.05) is 12.4 Å². The van der Waals surface area contributed by atoms with Gasteiger partial charge in [-0.3, -0.25) is 9.59 Å². The number of anilines is 1. The fourth-order valence-electron chi connectivity index (χ4n) is 2.00. The lowest BCUT2D eigenvalue weighted by molar-refractivity contribution is -0.116. The molecule has 6 heteroatoms. The summed E-state index contributed by atoms with van der Waals surface area (Å²) < 4.78 is 4.63. The molecule has 0 aliphatic heterocycles. The summed E-state index contributed by atoms with van der Waals surface area (Å²) in [5, 5.41) is 2.68. The zero-order valence-electron chi connectivity index (χ0n) is 12.9. The van der Waals surface area contributed by atoms with Crippen LogP contribution in [0.1, 0.15) is 37.7 Å². The number of carbonyl (C=O) groups excluding carboxylic acids is 3. The Morgan fingerprint density at radius 3 is 2.57 bits per heavy atom. The smallest absolute Gasteiger partial charge is 0.337 e. The summed E-state index contributed by atoms with van der Waals surface area (Å²) in [6.07, 6.45) is 0.251. The van der Waals surface area contributed by atoms with E-state index in [9.17, 15) is 14.4 Å². The number of hydrogen-bond donors (Lipinski definition) is 1. The number of rotatable bonds is 6. The monoisotopic (exact) mass is 331 g/mol. The van der Waals surface area contributed by atoms with Crippen molar-refractivity contribution in [2.45, 2.75) is 19.8 Å². The van der Waals surface area contributed by atoms with Gasteiger partial charge in [0.15, 0.2) is 5.78 Å². The zero-order valence-corrected chi connectivity index (χ0v) is 13.7. The quantitative estimate of drug-likeness (QED) is 0.650. The molecular weight excluding hydrogens is 314 g/mol. The standard InChI is InChI=1S/C17H17NO4S/c1-11-6-8-15(23-11)14(19)7-9-16(20)18-13-5-3-4-12(10-13)17(21)22-2/h3-6,8,10H,7,9H2,1-2H3,(H,18,20). The molecule has 0 saturated carbocycles. The van der Waals surface area contributed by atoms with Gasteiger partial charge in [0.2, 0.25) is 5.91 Å². The minimum Gasteiger partial charge on any atom is -0.465 e. The largest absolute Gasteiger partial charge is 0.465 e. The lowest BCUT2D eigenvalue weighted by Crippen LogP contribution is -2.13. The number of aryl methyl sites for hydroxylation is 1. The maximum Gasteiger partial charge on any atom is 0.337 e. The van der Waals surface area contributed by atoms with E-state index in [1.54, 1.807) is 24.3 Å². The Morgan fingerprint density at radius 2 is 1.91 bits per heavy atom. The average Bonchev–Trinajstić information content (AvgIpc) is 2.98. The molecule has 0 bridgehead atoms. The van der Waals surface area contributed by atoms with Gasteiger partial charge in [-0.25, -0.2) is 4.79 Å². The molecular formula is C17H17NO4S. The Labute approximate surface area is 138 Å². The lowest BCUT2D eigenvalue weighted by atomic mass is 10.1. The summed E-state index contributed by atoms with van der Waals surface area (Å²) in [5.74, 6) is -0.778. The molecule has 0 aliphatic carbocycles. The minimum absolute atomic E-state index is 0.0402. The second-order valence-electron chi connectivity index (χ2n) is 4.95. The maximum absolute atomic E-state index is 12.0. The van der Waals surface area contributed by atoms with Crippen molar-refractivity contribution in [3.05, 3.63) is 51.7 Å². The van der Waals surface area contributed by atoms with Crippen molar-refractivity contribution < 1.29 is 19.1 Å². The van der Waals surface area contributed by atoms with Crippen LogP contribution in [0.2, 0.25) is 0 Å². The van der Waals surface area contributed by atoms with E-state index in [1.165, 1.54) is 24.5 Å². The van der Waals surface area contributed by atoms with E-state index in [-0.39, 0.29) is 24.5 Å². The van der Waals surface area contributed by atoms with Crippen molar-refractivity contribution in [3.8, 4) is 0 Å². The van der Waals surface area contributed by atoms with Crippen LogP contribution in [-0.2, 0) is 9.53 Å². The van der Waals surface area contributed by atoms with Gasteiger partial charge in [0, 0.05) is 23.4 Å². The summed E-state index contributed by atoms with van der Waals surface area (Å²) >= 11 is 1.43. The van der Waals surface area contributed by atoms with Gasteiger partial charge >= 0.3 is 5.97 Å². The molecule has 1 amide bonds. The van der Waals surface area contributed by atoms with Crippen LogP contribution in [0.4, 0.5) is 5.69 Å². The van der Waals surface area contributed by atoms with Crippen molar-refractivity contribution in [1.29, 1.82) is 0 Å². The third-order valence-electron chi connectivity index (χ3n) is 3.16. The highest BCUT2D eigenvalue weighted by atomic mass is 32.1. The van der Waals surface area contributed by atoms with E-state index in [2.05, 4.69) is 10.1 Å². The summed E-state index contributed by atoms with van der Waals surface area (Å²) in [5.41, 5.74) is 0.854. The van der Waals surface area contributed by atoms with E-state index < -0.39 is 5.97 Å². The number of carbonyl (C=O) groups is 3. The van der Waals surface area contributed by atoms with Gasteiger partial charge in [-0.2, -0.15) is 0 Å². The molecule has 1 aromatic heterocycles. The first-order valence-electron chi connectivity index (χ1n) is 7.07. The normalized spacial score (nSPS) is 10.2. The predicted octanol–water partition coefficient (Wildman–Crippen LogP) is 3.44. The SMILES string of the molecule is COC(=O)c1cccc(NC(=O)CCC(=O)c2ccc(C)s2)c1. The summed E-state index contributed by atoms with van der Waals surface area (Å²) in [6, 6.07) is 10.1. The molecule has 2 rings (SSSR count). The molecule has 1 aromatic carbocycles. The van der Waals surface area contributed by atoms with E-state index in [0.29, 0.717) is 16.1 Å². The summed E-state index contributed by atoms with van der Waals surface area (Å²) in [7, 11) is 1.30. The van der Waals surface area contributed by atoms with Crippen LogP contribution < -0.4 is 5.32 Å². The van der Waals surface area contributed by atoms with Gasteiger partial charge in [0.05, 0.1) is 17.6 Å². The molecule has 1 heterocycles. The highest BCUT2D eigenvalue weighted by molar-refractivity contribution is 7.14. The van der Waals surface area contributed by atoms with Crippen molar-refractivity contribution >= 4 is 34.7 Å². The van der Waals surface area contributed by atoms with Crippen LogP contribution in [0.5, 0.6) is 0 Å². The molecule has 2 aromatic rings. The Bertz CT molecular complexity index is 736. The molecule has 0 radical (unpaired) electrons. The number of thiophene rings is 1. The van der Waals surface area contributed by atoms with Gasteiger partial charge in [-0.05, 0) is 37.3 Å². The van der Waals surface area contributed by atoms with E-state index in [4.69, 9.17) is 0 Å². The minimum atomic E-state index is -0.468. The van der Waals surface area contributed by atoms with Gasteiger partial charge in [0.1, 0.15) is 0 Å². The highest BCUT2D eigenvalue weighted by Gasteiger charge is 2.12. The van der Waals surface area contributed by atoms with E-state index in [0.717, 1.165) is 4.88 Å². The number of methoxy groups -OCH3 is 1. The van der Waals surface area contributed by atoms with Crippen molar-refractivity contribution in [2.24, 2.45) is 0 Å². The van der Waals surface area contributed by atoms with Crippen LogP contribution >= 0.6 is 11.3 Å². The fraction of sp³-hybridized carbons (Fsp3) is 0.235. The third-order valence-corrected chi connectivity index (χ3v) is 4.20. The molecule has 0 aliphatic rings. The summed E-state index contributed by atoms with van der Waals surface area (Å²) in [6.45, 7) is 1.93. The first-order valence-corrected chi connectivity index (χ1v) is 7.89. The van der Waals surface area contributed by atoms with Crippen LogP contribution in [-0.4, -0.2) is 24.8 Å². The maximum atomic E-state index is 12.0. The zero-order chi connectivity index (χ0) is 16.8. The first kappa shape index (κ1) is 16.9. The number of esters is 1. The molecule has 0 unspecified atom stereocenters. The van der Waals surface area contributed by atoms with Gasteiger partial charge in [-0.1, -0.05) is 6.07 Å². The lowest BCUT2D eigenvalue weighted by Gasteiger charge is -2.06. The summed E-state index contributed by atoms with van der Waals surface area (Å²) in [4.78, 5) is 37.1. The van der Waals surface area contributed by atoms with E-state index in [1.807, 2.05) is 13.0 Å². The number of benzene rings is 1. The van der Waals surface area contributed by atoms with Crippen molar-refractivity contribution in [3.63, 3.8) is 0 Å². The van der Waals surface area contributed by atoms with Crippen LogP contribution in [0.15, 0.2) is 36.4 Å². The molecule has 23 heavy (non-hydrogen) atoms. The Balaban J connectivity index is 1.90. The van der Waals surface area contributed by atoms with Gasteiger partial charge < -0.3 is 10.1 Å². The molecule has 0 atom stereocenters. The van der Waals surface area contributed by atoms with Crippen LogP contribution in [0.3, 0.4) is 0 Å². The average molecular weight is 331 g/mol. The molecule has 0 saturated heterocycles. The number of ether oxygens (including phenoxy) is 1. The van der Waals surface area contributed by atoms with Crippen LogP contribution in [0, 0.1) is 6.92 Å². The number of hydrogen-bond acceptors (Lipinski definition) is 5. The van der Waals surface area contributed by atoms with Gasteiger partial charge in [-0.15, -0.1) is 11.3 Å². The Hall–Kier alpha value is -2.47. The van der Waals surface area contributed by atoms with Crippen LogP contribution in [0.25, 0.3) is 0 Å². The Kier molecular flexibility index (Phi) is 5.65. The van der Waals surface area contributed by atoms with E-state index >= 15 is 0 Å². The highest BCUT2D eigenvalue weighted by Crippen LogP contribution is 2.18. The number of Topliss-reactive ketones (excluding diaryl/α,β-unsaturated/α-hetero) is 1. The fourth-order valence-corrected chi connectivity index (χ4v) is 2.83. The molecule has 120 valence electrons. The van der Waals surface area contributed by atoms with Gasteiger partial charge in [0.25, 0.3) is 0 Å². The number of amides is 1. The third kappa shape index (κ3) is 4.75. The predicted molar refractivity (Wildman–Crippen MR) is 89.0 cm³/mol. The molecule has 5 nitrogen and oxygen atoms in total. The molecule has 0 fully saturated rings. The second kappa shape index (κ2) is 7.69. The van der Waals surface area contributed by atoms with Crippen molar-refractivity contribution in [1.82, 2.24) is 0 Å². The Morgan fingerprint density at radius 1 is 1.13 bits per heavy atom.